The predicted molar refractivity (Wildman–Crippen MR) is 66.2 cm³/mol. The van der Waals surface area contributed by atoms with Gasteiger partial charge in [-0.1, -0.05) is 34.5 Å². The van der Waals surface area contributed by atoms with Gasteiger partial charge in [0.25, 0.3) is 0 Å². The SMILES string of the molecule is CCOCC1(c2ccc(Br)cc2)CCC1. The molecule has 0 atom stereocenters. The van der Waals surface area contributed by atoms with Crippen LogP contribution in [0.15, 0.2) is 28.7 Å². The molecule has 2 rings (SSSR count). The molecule has 1 fully saturated rings. The Balaban J connectivity index is 2.14. The number of benzene rings is 1. The van der Waals surface area contributed by atoms with Gasteiger partial charge in [0.15, 0.2) is 0 Å². The van der Waals surface area contributed by atoms with E-state index in [0.717, 1.165) is 17.7 Å². The lowest BCUT2D eigenvalue weighted by Gasteiger charge is -2.42. The minimum absolute atomic E-state index is 0.316. The van der Waals surface area contributed by atoms with Crippen molar-refractivity contribution in [3.8, 4) is 0 Å². The molecule has 0 radical (unpaired) electrons. The van der Waals surface area contributed by atoms with Gasteiger partial charge in [0.2, 0.25) is 0 Å². The fourth-order valence-electron chi connectivity index (χ4n) is 2.22. The largest absolute Gasteiger partial charge is 0.381 e. The zero-order valence-corrected chi connectivity index (χ0v) is 10.7. The summed E-state index contributed by atoms with van der Waals surface area (Å²) in [6.07, 6.45) is 3.88. The molecule has 15 heavy (non-hydrogen) atoms. The summed E-state index contributed by atoms with van der Waals surface area (Å²) in [5.74, 6) is 0. The highest BCUT2D eigenvalue weighted by atomic mass is 79.9. The second-order valence-corrected chi connectivity index (χ2v) is 5.19. The molecule has 0 saturated heterocycles. The van der Waals surface area contributed by atoms with E-state index in [1.807, 2.05) is 0 Å². The van der Waals surface area contributed by atoms with Gasteiger partial charge in [0.05, 0.1) is 6.61 Å². The summed E-state index contributed by atoms with van der Waals surface area (Å²) in [5.41, 5.74) is 1.75. The van der Waals surface area contributed by atoms with Crippen molar-refractivity contribution in [1.29, 1.82) is 0 Å². The van der Waals surface area contributed by atoms with Crippen LogP contribution in [0, 0.1) is 0 Å². The van der Waals surface area contributed by atoms with Crippen LogP contribution in [0.2, 0.25) is 0 Å². The number of hydrogen-bond acceptors (Lipinski definition) is 1. The fraction of sp³-hybridized carbons (Fsp3) is 0.538. The van der Waals surface area contributed by atoms with Gasteiger partial charge in [-0.15, -0.1) is 0 Å². The molecule has 0 bridgehead atoms. The van der Waals surface area contributed by atoms with Crippen LogP contribution >= 0.6 is 15.9 Å². The molecule has 0 aliphatic heterocycles. The zero-order chi connectivity index (χ0) is 10.7. The van der Waals surface area contributed by atoms with Crippen molar-refractivity contribution in [3.63, 3.8) is 0 Å². The summed E-state index contributed by atoms with van der Waals surface area (Å²) in [4.78, 5) is 0. The van der Waals surface area contributed by atoms with Gasteiger partial charge in [-0.2, -0.15) is 0 Å². The van der Waals surface area contributed by atoms with E-state index in [0.29, 0.717) is 5.41 Å². The van der Waals surface area contributed by atoms with Crippen molar-refractivity contribution in [2.75, 3.05) is 13.2 Å². The zero-order valence-electron chi connectivity index (χ0n) is 9.13. The molecule has 1 aromatic rings. The Morgan fingerprint density at radius 2 is 1.93 bits per heavy atom. The highest BCUT2D eigenvalue weighted by Crippen LogP contribution is 2.44. The Hall–Kier alpha value is -0.340. The third-order valence-electron chi connectivity index (χ3n) is 3.35. The minimum atomic E-state index is 0.316. The highest BCUT2D eigenvalue weighted by Gasteiger charge is 2.38. The molecule has 0 unspecified atom stereocenters. The molecule has 1 aliphatic carbocycles. The van der Waals surface area contributed by atoms with E-state index in [9.17, 15) is 0 Å². The first-order chi connectivity index (χ1) is 7.27. The van der Waals surface area contributed by atoms with Gasteiger partial charge in [-0.3, -0.25) is 0 Å². The maximum absolute atomic E-state index is 5.61. The van der Waals surface area contributed by atoms with Crippen LogP contribution < -0.4 is 0 Å². The first kappa shape index (κ1) is 11.2. The van der Waals surface area contributed by atoms with Crippen molar-refractivity contribution in [2.45, 2.75) is 31.6 Å². The van der Waals surface area contributed by atoms with E-state index < -0.39 is 0 Å². The second kappa shape index (κ2) is 4.67. The van der Waals surface area contributed by atoms with Crippen LogP contribution in [0.1, 0.15) is 31.7 Å². The quantitative estimate of drug-likeness (QED) is 0.805. The normalized spacial score (nSPS) is 18.5. The molecule has 0 amide bonds. The van der Waals surface area contributed by atoms with Gasteiger partial charge in [0, 0.05) is 16.5 Å². The predicted octanol–water partition coefficient (Wildman–Crippen LogP) is 3.91. The molecule has 2 heteroatoms. The molecule has 82 valence electrons. The monoisotopic (exact) mass is 268 g/mol. The van der Waals surface area contributed by atoms with E-state index >= 15 is 0 Å². The average Bonchev–Trinajstić information content (AvgIpc) is 2.19. The molecule has 1 saturated carbocycles. The molecule has 0 N–H and O–H groups in total. The fourth-order valence-corrected chi connectivity index (χ4v) is 2.49. The van der Waals surface area contributed by atoms with Gasteiger partial charge in [0.1, 0.15) is 0 Å². The smallest absolute Gasteiger partial charge is 0.0562 e. The molecular formula is C13H17BrO. The second-order valence-electron chi connectivity index (χ2n) is 4.28. The van der Waals surface area contributed by atoms with Crippen LogP contribution in [0.3, 0.4) is 0 Å². The molecule has 0 spiro atoms. The average molecular weight is 269 g/mol. The van der Waals surface area contributed by atoms with E-state index in [-0.39, 0.29) is 0 Å². The lowest BCUT2D eigenvalue weighted by atomic mass is 9.65. The lowest BCUT2D eigenvalue weighted by molar-refractivity contribution is 0.0522. The van der Waals surface area contributed by atoms with E-state index in [4.69, 9.17) is 4.74 Å². The first-order valence-corrected chi connectivity index (χ1v) is 6.40. The van der Waals surface area contributed by atoms with Crippen LogP contribution in [0.4, 0.5) is 0 Å². The summed E-state index contributed by atoms with van der Waals surface area (Å²) in [6, 6.07) is 8.70. The Labute approximate surface area is 100.0 Å². The Morgan fingerprint density at radius 1 is 1.27 bits per heavy atom. The van der Waals surface area contributed by atoms with E-state index in [2.05, 4.69) is 47.1 Å². The summed E-state index contributed by atoms with van der Waals surface area (Å²) in [6.45, 7) is 3.76. The Morgan fingerprint density at radius 3 is 2.40 bits per heavy atom. The van der Waals surface area contributed by atoms with Crippen molar-refractivity contribution in [3.05, 3.63) is 34.3 Å². The molecule has 1 nitrogen and oxygen atoms in total. The van der Waals surface area contributed by atoms with Gasteiger partial charge >= 0.3 is 0 Å². The molecule has 1 aromatic carbocycles. The standard InChI is InChI=1S/C13H17BrO/c1-2-15-10-13(8-3-9-13)11-4-6-12(14)7-5-11/h4-7H,2-3,8-10H2,1H3. The van der Waals surface area contributed by atoms with Crippen molar-refractivity contribution < 1.29 is 4.74 Å². The number of halogens is 1. The topological polar surface area (TPSA) is 9.23 Å². The number of ether oxygens (including phenoxy) is 1. The highest BCUT2D eigenvalue weighted by molar-refractivity contribution is 9.10. The van der Waals surface area contributed by atoms with Gasteiger partial charge < -0.3 is 4.74 Å². The summed E-state index contributed by atoms with van der Waals surface area (Å²) in [7, 11) is 0. The van der Waals surface area contributed by atoms with Crippen molar-refractivity contribution in [1.82, 2.24) is 0 Å². The molecule has 0 heterocycles. The number of hydrogen-bond donors (Lipinski definition) is 0. The Bertz CT molecular complexity index is 314. The molecular weight excluding hydrogens is 252 g/mol. The maximum Gasteiger partial charge on any atom is 0.0562 e. The van der Waals surface area contributed by atoms with Gasteiger partial charge in [-0.05, 0) is 37.5 Å². The Kier molecular flexibility index (Phi) is 3.47. The lowest BCUT2D eigenvalue weighted by Crippen LogP contribution is -2.39. The maximum atomic E-state index is 5.61. The minimum Gasteiger partial charge on any atom is -0.381 e. The summed E-state index contributed by atoms with van der Waals surface area (Å²) >= 11 is 3.47. The van der Waals surface area contributed by atoms with E-state index in [1.165, 1.54) is 24.8 Å². The van der Waals surface area contributed by atoms with Crippen molar-refractivity contribution in [2.24, 2.45) is 0 Å². The third kappa shape index (κ3) is 2.26. The van der Waals surface area contributed by atoms with Gasteiger partial charge in [-0.25, -0.2) is 0 Å². The van der Waals surface area contributed by atoms with Crippen LogP contribution in [0.25, 0.3) is 0 Å². The van der Waals surface area contributed by atoms with Crippen LogP contribution in [-0.2, 0) is 10.2 Å². The number of rotatable bonds is 4. The van der Waals surface area contributed by atoms with Crippen LogP contribution in [-0.4, -0.2) is 13.2 Å². The third-order valence-corrected chi connectivity index (χ3v) is 3.88. The molecule has 1 aliphatic rings. The van der Waals surface area contributed by atoms with Crippen LogP contribution in [0.5, 0.6) is 0 Å². The first-order valence-electron chi connectivity index (χ1n) is 5.61. The van der Waals surface area contributed by atoms with Crippen molar-refractivity contribution >= 4 is 15.9 Å². The molecule has 0 aromatic heterocycles. The summed E-state index contributed by atoms with van der Waals surface area (Å²) in [5, 5.41) is 0. The van der Waals surface area contributed by atoms with E-state index in [1.54, 1.807) is 0 Å². The summed E-state index contributed by atoms with van der Waals surface area (Å²) < 4.78 is 6.76.